The topological polar surface area (TPSA) is 9.23 Å². The highest BCUT2D eigenvalue weighted by atomic mass is 35.5. The molecule has 0 aliphatic rings. The Labute approximate surface area is 109 Å². The van der Waals surface area contributed by atoms with Gasteiger partial charge in [0.25, 0.3) is 0 Å². The van der Waals surface area contributed by atoms with Gasteiger partial charge in [-0.25, -0.2) is 4.39 Å². The van der Waals surface area contributed by atoms with Crippen molar-refractivity contribution in [1.29, 1.82) is 0 Å². The van der Waals surface area contributed by atoms with Crippen LogP contribution in [-0.2, 0) is 0 Å². The molecule has 1 unspecified atom stereocenters. The van der Waals surface area contributed by atoms with E-state index in [9.17, 15) is 4.39 Å². The van der Waals surface area contributed by atoms with Crippen LogP contribution in [-0.4, -0.2) is 7.11 Å². The third-order valence-electron chi connectivity index (χ3n) is 2.48. The molecule has 1 aromatic carbocycles. The summed E-state index contributed by atoms with van der Waals surface area (Å²) < 4.78 is 18.2. The zero-order valence-corrected chi connectivity index (χ0v) is 11.1. The lowest BCUT2D eigenvalue weighted by Gasteiger charge is -2.10. The van der Waals surface area contributed by atoms with Gasteiger partial charge in [-0.15, -0.1) is 22.9 Å². The van der Waals surface area contributed by atoms with Gasteiger partial charge in [0.05, 0.1) is 12.5 Å². The molecular weight excluding hydrogens is 259 g/mol. The lowest BCUT2D eigenvalue weighted by atomic mass is 10.1. The van der Waals surface area contributed by atoms with Crippen molar-refractivity contribution in [2.24, 2.45) is 0 Å². The van der Waals surface area contributed by atoms with Crippen molar-refractivity contribution < 1.29 is 9.13 Å². The molecule has 2 rings (SSSR count). The van der Waals surface area contributed by atoms with Crippen molar-refractivity contribution >= 4 is 22.9 Å². The number of benzene rings is 1. The molecule has 2 aromatic rings. The normalized spacial score (nSPS) is 12.5. The van der Waals surface area contributed by atoms with E-state index in [0.717, 1.165) is 10.4 Å². The molecule has 1 atom stereocenters. The highest BCUT2D eigenvalue weighted by molar-refractivity contribution is 7.12. The second-order valence-electron chi connectivity index (χ2n) is 3.70. The monoisotopic (exact) mass is 270 g/mol. The number of hydrogen-bond acceptors (Lipinski definition) is 2. The number of hydrogen-bond donors (Lipinski definition) is 0. The van der Waals surface area contributed by atoms with Crippen molar-refractivity contribution in [3.05, 3.63) is 51.5 Å². The quantitative estimate of drug-likeness (QED) is 0.745. The highest BCUT2D eigenvalue weighted by Gasteiger charge is 2.15. The molecule has 1 nitrogen and oxygen atoms in total. The molecule has 0 saturated carbocycles. The minimum Gasteiger partial charge on any atom is -0.494 e. The Hall–Kier alpha value is -1.06. The number of rotatable bonds is 3. The number of alkyl halides is 1. The van der Waals surface area contributed by atoms with E-state index in [0.29, 0.717) is 0 Å². The van der Waals surface area contributed by atoms with Crippen molar-refractivity contribution in [1.82, 2.24) is 0 Å². The molecule has 1 aromatic heterocycles. The van der Waals surface area contributed by atoms with Crippen LogP contribution in [0.3, 0.4) is 0 Å². The van der Waals surface area contributed by atoms with Crippen molar-refractivity contribution in [3.8, 4) is 5.75 Å². The fraction of sp³-hybridized carbons (Fsp3) is 0.231. The fourth-order valence-corrected chi connectivity index (χ4v) is 2.81. The minimum atomic E-state index is -0.373. The van der Waals surface area contributed by atoms with Gasteiger partial charge in [0.1, 0.15) is 0 Å². The number of methoxy groups -OCH3 is 1. The summed E-state index contributed by atoms with van der Waals surface area (Å²) in [6, 6.07) is 8.72. The van der Waals surface area contributed by atoms with Gasteiger partial charge in [0.15, 0.2) is 11.6 Å². The molecule has 0 amide bonds. The summed E-state index contributed by atoms with van der Waals surface area (Å²) >= 11 is 8.00. The lowest BCUT2D eigenvalue weighted by molar-refractivity contribution is 0.386. The van der Waals surface area contributed by atoms with Crippen LogP contribution < -0.4 is 4.74 Å². The van der Waals surface area contributed by atoms with Crippen LogP contribution in [0.15, 0.2) is 30.3 Å². The predicted octanol–water partition coefficient (Wildman–Crippen LogP) is 4.53. The smallest absolute Gasteiger partial charge is 0.165 e. The zero-order chi connectivity index (χ0) is 12.4. The van der Waals surface area contributed by atoms with E-state index in [-0.39, 0.29) is 16.9 Å². The first kappa shape index (κ1) is 12.4. The SMILES string of the molecule is COc1cc(C(Cl)c2ccc(C)s2)ccc1F. The van der Waals surface area contributed by atoms with E-state index in [2.05, 4.69) is 0 Å². The summed E-state index contributed by atoms with van der Waals surface area (Å²) in [4.78, 5) is 2.26. The Morgan fingerprint density at radius 3 is 2.65 bits per heavy atom. The molecule has 17 heavy (non-hydrogen) atoms. The van der Waals surface area contributed by atoms with E-state index in [1.807, 2.05) is 19.1 Å². The maximum atomic E-state index is 13.3. The van der Waals surface area contributed by atoms with Crippen molar-refractivity contribution in [3.63, 3.8) is 0 Å². The summed E-state index contributed by atoms with van der Waals surface area (Å²) in [7, 11) is 1.45. The molecule has 90 valence electrons. The van der Waals surface area contributed by atoms with E-state index in [4.69, 9.17) is 16.3 Å². The Balaban J connectivity index is 2.34. The van der Waals surface area contributed by atoms with Gasteiger partial charge in [0.2, 0.25) is 0 Å². The highest BCUT2D eigenvalue weighted by Crippen LogP contribution is 2.35. The molecule has 4 heteroatoms. The molecule has 0 saturated heterocycles. The first-order valence-electron chi connectivity index (χ1n) is 5.15. The molecule has 1 heterocycles. The summed E-state index contributed by atoms with van der Waals surface area (Å²) in [5.74, 6) is -0.149. The predicted molar refractivity (Wildman–Crippen MR) is 69.7 cm³/mol. The Bertz CT molecular complexity index is 524. The van der Waals surface area contributed by atoms with E-state index in [1.54, 1.807) is 23.5 Å². The summed E-state index contributed by atoms with van der Waals surface area (Å²) in [5, 5.41) is -0.261. The van der Waals surface area contributed by atoms with Gasteiger partial charge in [0, 0.05) is 9.75 Å². The van der Waals surface area contributed by atoms with Crippen LogP contribution in [0.2, 0.25) is 0 Å². The Morgan fingerprint density at radius 1 is 1.29 bits per heavy atom. The number of ether oxygens (including phenoxy) is 1. The second kappa shape index (κ2) is 5.07. The second-order valence-corrected chi connectivity index (χ2v) is 5.46. The van der Waals surface area contributed by atoms with Crippen LogP contribution >= 0.6 is 22.9 Å². The molecular formula is C13H12ClFOS. The lowest BCUT2D eigenvalue weighted by Crippen LogP contribution is -1.94. The molecule has 0 spiro atoms. The Morgan fingerprint density at radius 2 is 2.06 bits per heavy atom. The van der Waals surface area contributed by atoms with Gasteiger partial charge in [-0.3, -0.25) is 0 Å². The van der Waals surface area contributed by atoms with Crippen LogP contribution in [0, 0.1) is 12.7 Å². The molecule has 0 fully saturated rings. The number of halogens is 2. The van der Waals surface area contributed by atoms with Gasteiger partial charge in [-0.1, -0.05) is 6.07 Å². The summed E-state index contributed by atoms with van der Waals surface area (Å²) in [6.45, 7) is 2.03. The standard InChI is InChI=1S/C13H12ClFOS/c1-8-3-6-12(17-8)13(14)9-4-5-10(15)11(7-9)16-2/h3-7,13H,1-2H3. The van der Waals surface area contributed by atoms with Crippen LogP contribution in [0.25, 0.3) is 0 Å². The fourth-order valence-electron chi connectivity index (χ4n) is 1.59. The first-order valence-corrected chi connectivity index (χ1v) is 6.41. The molecule has 0 aliphatic carbocycles. The van der Waals surface area contributed by atoms with Crippen LogP contribution in [0.1, 0.15) is 20.7 Å². The molecule has 0 aliphatic heterocycles. The van der Waals surface area contributed by atoms with Crippen molar-refractivity contribution in [2.75, 3.05) is 7.11 Å². The zero-order valence-electron chi connectivity index (χ0n) is 9.54. The van der Waals surface area contributed by atoms with Crippen LogP contribution in [0.5, 0.6) is 5.75 Å². The molecule has 0 N–H and O–H groups in total. The van der Waals surface area contributed by atoms with Gasteiger partial charge in [-0.05, 0) is 36.8 Å². The van der Waals surface area contributed by atoms with Gasteiger partial charge < -0.3 is 4.74 Å². The van der Waals surface area contributed by atoms with Gasteiger partial charge >= 0.3 is 0 Å². The largest absolute Gasteiger partial charge is 0.494 e. The van der Waals surface area contributed by atoms with Crippen LogP contribution in [0.4, 0.5) is 4.39 Å². The van der Waals surface area contributed by atoms with Crippen molar-refractivity contribution in [2.45, 2.75) is 12.3 Å². The minimum absolute atomic E-state index is 0.224. The van der Waals surface area contributed by atoms with E-state index in [1.165, 1.54) is 18.1 Å². The summed E-state index contributed by atoms with van der Waals surface area (Å²) in [5.41, 5.74) is 0.840. The number of thiophene rings is 1. The Kier molecular flexibility index (Phi) is 3.69. The number of aryl methyl sites for hydroxylation is 1. The maximum Gasteiger partial charge on any atom is 0.165 e. The maximum absolute atomic E-state index is 13.3. The third-order valence-corrected chi connectivity index (χ3v) is 4.16. The summed E-state index contributed by atoms with van der Waals surface area (Å²) in [6.07, 6.45) is 0. The average molecular weight is 271 g/mol. The van der Waals surface area contributed by atoms with E-state index >= 15 is 0 Å². The average Bonchev–Trinajstić information content (AvgIpc) is 2.75. The molecule has 0 bridgehead atoms. The first-order chi connectivity index (χ1) is 8.11. The third kappa shape index (κ3) is 2.61. The van der Waals surface area contributed by atoms with E-state index < -0.39 is 0 Å². The van der Waals surface area contributed by atoms with Gasteiger partial charge in [-0.2, -0.15) is 0 Å². The molecule has 0 radical (unpaired) electrons.